The van der Waals surface area contributed by atoms with Crippen molar-refractivity contribution < 1.29 is 52.8 Å². The number of carbonyl (C=O) groups is 2. The smallest absolute Gasteiger partial charge is 0.407 e. The topological polar surface area (TPSA) is 276 Å². The van der Waals surface area contributed by atoms with Crippen LogP contribution in [0.3, 0.4) is 0 Å². The minimum absolute atomic E-state index is 0. The molecule has 0 unspecified atom stereocenters. The highest BCUT2D eigenvalue weighted by Crippen LogP contribution is 2.26. The van der Waals surface area contributed by atoms with Crippen molar-refractivity contribution in [3.8, 4) is 0 Å². The van der Waals surface area contributed by atoms with E-state index in [-0.39, 0.29) is 49.2 Å². The fourth-order valence-electron chi connectivity index (χ4n) is 9.16. The first-order valence-electron chi connectivity index (χ1n) is 34.9. The molecular weight excluding hydrogens is 1730 g/mol. The molecule has 0 aliphatic heterocycles. The molecule has 0 radical (unpaired) electrons. The lowest BCUT2D eigenvalue weighted by molar-refractivity contribution is -0.697. The van der Waals surface area contributed by atoms with Crippen molar-refractivity contribution in [2.24, 2.45) is 42.7 Å². The molecule has 586 valence electrons. The Morgan fingerprint density at radius 2 is 1.10 bits per heavy atom. The molecule has 1 amide bonds. The summed E-state index contributed by atoms with van der Waals surface area (Å²) in [6.07, 6.45) is 28.1. The second-order valence-electron chi connectivity index (χ2n) is 24.3. The first kappa shape index (κ1) is 97.6. The number of aromatic nitrogens is 8. The third kappa shape index (κ3) is 37.9. The van der Waals surface area contributed by atoms with Crippen LogP contribution in [0, 0.1) is 0 Å². The molecule has 0 aliphatic rings. The van der Waals surface area contributed by atoms with E-state index in [0.717, 1.165) is 130 Å². The van der Waals surface area contributed by atoms with Crippen LogP contribution in [0.5, 0.6) is 0 Å². The van der Waals surface area contributed by atoms with Gasteiger partial charge >= 0.3 is 6.09 Å². The van der Waals surface area contributed by atoms with E-state index in [2.05, 4.69) is 190 Å². The number of rotatable bonds is 24. The number of hydrazone groups is 1. The monoisotopic (exact) mass is 1830 g/mol. The number of nitrogens with zero attached hydrogens (tertiary/aromatic N) is 13. The summed E-state index contributed by atoms with van der Waals surface area (Å²) in [5, 5.41) is 27.6. The fraction of sp³-hybridized carbons (Fsp3) is 0.329. The summed E-state index contributed by atoms with van der Waals surface area (Å²) < 4.78 is 19.5. The number of alkyl halides is 2. The summed E-state index contributed by atoms with van der Waals surface area (Å²) >= 11 is 12.2. The number of hydrogen-bond donors (Lipinski definition) is 5. The van der Waals surface area contributed by atoms with Crippen molar-refractivity contribution in [1.29, 1.82) is 0 Å². The van der Waals surface area contributed by atoms with E-state index in [1.54, 1.807) is 94.7 Å². The summed E-state index contributed by atoms with van der Waals surface area (Å²) in [6.45, 7) is 20.1. The number of anilines is 1. The van der Waals surface area contributed by atoms with Gasteiger partial charge in [-0.05, 0) is 132 Å². The zero-order chi connectivity index (χ0) is 75.3. The van der Waals surface area contributed by atoms with Crippen LogP contribution < -0.4 is 76.1 Å². The third-order valence-electron chi connectivity index (χ3n) is 14.0. The van der Waals surface area contributed by atoms with Gasteiger partial charge in [-0.15, -0.1) is 33.9 Å². The minimum atomic E-state index is -0.500. The normalized spacial score (nSPS) is 11.0. The highest BCUT2D eigenvalue weighted by Gasteiger charge is 2.16. The van der Waals surface area contributed by atoms with Gasteiger partial charge in [0.05, 0.1) is 70.6 Å². The van der Waals surface area contributed by atoms with Crippen molar-refractivity contribution in [2.45, 2.75) is 143 Å². The van der Waals surface area contributed by atoms with Gasteiger partial charge in [0.25, 0.3) is 0 Å². The molecule has 0 fully saturated rings. The van der Waals surface area contributed by atoms with Gasteiger partial charge in [-0.3, -0.25) is 20.2 Å². The number of aldehydes is 1. The number of nitrogens with one attached hydrogen (secondary N) is 2. The third-order valence-corrected chi connectivity index (χ3v) is 18.7. The summed E-state index contributed by atoms with van der Waals surface area (Å²) in [5.41, 5.74) is 27.1. The summed E-state index contributed by atoms with van der Waals surface area (Å²) in [5.74, 6) is 0. The lowest BCUT2D eigenvalue weighted by atomic mass is 10.2. The van der Waals surface area contributed by atoms with Crippen molar-refractivity contribution in [3.05, 3.63) is 232 Å². The Kier molecular flexibility index (Phi) is 50.8. The molecule has 8 heterocycles. The number of alkyl carbamates (subject to hydrolysis) is 1. The van der Waals surface area contributed by atoms with Gasteiger partial charge in [0.15, 0.2) is 31.1 Å². The second-order valence-corrected chi connectivity index (χ2v) is 31.7. The molecule has 0 saturated heterocycles. The van der Waals surface area contributed by atoms with Gasteiger partial charge in [0.1, 0.15) is 23.7 Å². The van der Waals surface area contributed by atoms with Crippen LogP contribution in [0.1, 0.15) is 133 Å². The van der Waals surface area contributed by atoms with E-state index in [9.17, 15) is 9.59 Å². The second kappa shape index (κ2) is 56.7. The molecule has 0 aliphatic carbocycles. The maximum absolute atomic E-state index is 11.9. The Morgan fingerprint density at radius 3 is 1.55 bits per heavy atom. The number of hydrogen-bond acceptors (Lipinski definition) is 20. The molecule has 0 spiro atoms. The molecule has 8 N–H and O–H groups in total. The van der Waals surface area contributed by atoms with Crippen LogP contribution in [0.2, 0.25) is 0 Å². The highest BCUT2D eigenvalue weighted by molar-refractivity contribution is 14.1. The Hall–Kier alpha value is -7.46. The van der Waals surface area contributed by atoms with Crippen LogP contribution in [0.15, 0.2) is 221 Å². The first-order valence-corrected chi connectivity index (χ1v) is 40.5. The Balaban J connectivity index is 0.000000472. The maximum atomic E-state index is 11.9. The number of aryl methyl sites for hydroxylation is 4. The van der Waals surface area contributed by atoms with E-state index in [1.165, 1.54) is 40.4 Å². The number of benzene rings is 4. The predicted molar refractivity (Wildman–Crippen MR) is 464 cm³/mol. The van der Waals surface area contributed by atoms with Gasteiger partial charge in [-0.2, -0.15) is 15.3 Å². The highest BCUT2D eigenvalue weighted by atomic mass is 127. The number of ether oxygens (including phenoxy) is 1. The quantitative estimate of drug-likeness (QED) is 0.00721. The van der Waals surface area contributed by atoms with Crippen LogP contribution >= 0.6 is 96.3 Å². The first-order chi connectivity index (χ1) is 51.1. The molecule has 4 aromatic carbocycles. The number of unbranched alkanes of at least 4 members (excludes halogenated alkanes) is 2. The molecule has 0 saturated carbocycles. The molecular formula is C79H103Br2Cl2IN18O3S4. The van der Waals surface area contributed by atoms with Crippen molar-refractivity contribution in [3.63, 3.8) is 0 Å². The Morgan fingerprint density at radius 1 is 0.624 bits per heavy atom. The maximum Gasteiger partial charge on any atom is 0.407 e. The largest absolute Gasteiger partial charge is 1.00 e. The van der Waals surface area contributed by atoms with E-state index < -0.39 is 11.7 Å². The molecule has 0 bridgehead atoms. The van der Waals surface area contributed by atoms with Crippen molar-refractivity contribution in [1.82, 2.24) is 34.4 Å². The standard InChI is InChI=1S/C25H33N5O2S.C19H25N6S.C13H10N4S.C8H8N2S.C6H5NO.C4H9Br.C3H7I.CH4.BrH.2ClH/c1-5-6-15-29-16-9-11-20(19-29)18-27-28-23-30(21-12-7-8-13-22(21)33-23)17-10-14-26-24(31)32-25(2,3)4;20-9-4-12-24-11-3-6-16(15-24)14-22-23-19-25(13-5-10-21)17-7-1-2-8-18(17)26-19;1-2-6-12-11(5-1)16-13(18-12)17-15-9-10-4-3-7-14-8-10;9-5-8-10-6-3-1-2-4-7(6)11-8;8-5-6-2-1-3-7-4-6;1-2-3-4-5;1-3(2)4;;;;/h7-9,11-13,16,18-19H,5-6,10,14-15,17H2,1-4H3;1-3,6-8,11,14-15H,4-5,9-10,12-13,20-21H2;1-9H,(H,16,17);1-4H,5,9H2;1-5H;2-4H2,1H3;3H,1-2H3;1H4;3*1H/q;+1;;;;;;;;;/p-1/b27-18+,28-23-;22-14+,23-19-;15-9+;;;;;;;;. The molecule has 12 aromatic rings. The van der Waals surface area contributed by atoms with Gasteiger partial charge in [-0.1, -0.05) is 175 Å². The van der Waals surface area contributed by atoms with Crippen molar-refractivity contribution in [2.75, 3.05) is 30.4 Å². The molecule has 12 rings (SSSR count). The summed E-state index contributed by atoms with van der Waals surface area (Å²) in [6, 6.07) is 48.0. The van der Waals surface area contributed by atoms with Crippen LogP contribution in [0.25, 0.3) is 40.9 Å². The number of amides is 1. The Labute approximate surface area is 702 Å². The van der Waals surface area contributed by atoms with Crippen molar-refractivity contribution >= 4 is 173 Å². The number of thiazole rings is 4. The zero-order valence-electron chi connectivity index (χ0n) is 62.0. The fourth-order valence-corrected chi connectivity index (χ4v) is 13.4. The summed E-state index contributed by atoms with van der Waals surface area (Å²) in [7, 11) is 0. The molecule has 8 aromatic heterocycles. The SMILES string of the molecule is C.C(=N\Nc1nc2ccccc2s1)/c1cccnc1.CC(C)I.CCCCBr.CCCC[n+]1cccc(/C=N/N=c2\sc3ccccc3n2CCCNC(=O)OC(C)(C)C)c1.Cl.NCCCn1/c(=N/N=C/c2ccc[n+](CCCN)c2)sc2ccccc21.NCc1nc2ccccc2s1.O=Cc1cccnc1.[Br-].[Cl-]. The molecule has 0 atom stereocenters. The van der Waals surface area contributed by atoms with Crippen LogP contribution in [0.4, 0.5) is 9.93 Å². The number of para-hydroxylation sites is 4. The molecule has 21 nitrogen and oxygen atoms in total. The number of pyridine rings is 4. The van der Waals surface area contributed by atoms with Crippen LogP contribution in [-0.2, 0) is 37.5 Å². The van der Waals surface area contributed by atoms with E-state index in [0.29, 0.717) is 31.7 Å². The van der Waals surface area contributed by atoms with Gasteiger partial charge in [-0.25, -0.2) is 23.9 Å². The lowest BCUT2D eigenvalue weighted by Gasteiger charge is -2.19. The number of nitrogens with two attached hydrogens (primary N) is 3. The van der Waals surface area contributed by atoms with E-state index >= 15 is 0 Å². The molecule has 30 heteroatoms. The Bertz CT molecular complexity index is 4650. The van der Waals surface area contributed by atoms with Gasteiger partial charge in [0.2, 0.25) is 14.7 Å². The number of fused-ring (bicyclic) bond motifs is 4. The predicted octanol–water partition coefficient (Wildman–Crippen LogP) is 11.1. The number of halogens is 5. The van der Waals surface area contributed by atoms with E-state index in [1.807, 2.05) is 130 Å². The zero-order valence-corrected chi connectivity index (χ0v) is 72.2. The summed E-state index contributed by atoms with van der Waals surface area (Å²) in [4.78, 5) is 40.1. The molecule has 109 heavy (non-hydrogen) atoms. The minimum Gasteiger partial charge on any atom is -1.00 e. The number of carbonyl (C=O) groups excluding carboxylic acids is 2. The van der Waals surface area contributed by atoms with E-state index in [4.69, 9.17) is 21.9 Å². The van der Waals surface area contributed by atoms with Gasteiger partial charge in [0, 0.05) is 96.3 Å². The average Bonchev–Trinajstić information content (AvgIpc) is 1.67. The van der Waals surface area contributed by atoms with Gasteiger partial charge < -0.3 is 65.8 Å². The lowest BCUT2D eigenvalue weighted by Crippen LogP contribution is -3.00. The van der Waals surface area contributed by atoms with Crippen LogP contribution in [-0.4, -0.2) is 94.6 Å². The average molecular weight is 1840 g/mol.